The Morgan fingerprint density at radius 3 is 2.71 bits per heavy atom. The summed E-state index contributed by atoms with van der Waals surface area (Å²) < 4.78 is 5.35. The van der Waals surface area contributed by atoms with E-state index in [1.165, 1.54) is 0 Å². The van der Waals surface area contributed by atoms with Crippen LogP contribution in [0.25, 0.3) is 0 Å². The van der Waals surface area contributed by atoms with E-state index in [1.807, 2.05) is 6.92 Å². The van der Waals surface area contributed by atoms with Crippen molar-refractivity contribution in [1.82, 2.24) is 10.6 Å². The molecule has 0 aromatic heterocycles. The number of amides is 1. The largest absolute Gasteiger partial charge is 0.366 e. The molecule has 0 radical (unpaired) electrons. The Kier molecular flexibility index (Phi) is 4.35. The van der Waals surface area contributed by atoms with E-state index in [0.29, 0.717) is 19.1 Å². The van der Waals surface area contributed by atoms with E-state index in [0.717, 1.165) is 6.54 Å². The van der Waals surface area contributed by atoms with E-state index >= 15 is 0 Å². The van der Waals surface area contributed by atoms with Gasteiger partial charge < -0.3 is 15.4 Å². The number of hydrogen-bond donors (Lipinski definition) is 2. The maximum Gasteiger partial charge on any atom is 0.250 e. The molecule has 1 rings (SSSR count). The molecule has 14 heavy (non-hydrogen) atoms. The molecule has 1 heterocycles. The maximum atomic E-state index is 11.6. The number of ether oxygens (including phenoxy) is 1. The molecule has 0 aromatic carbocycles. The van der Waals surface area contributed by atoms with Gasteiger partial charge in [-0.25, -0.2) is 0 Å². The third-order valence-corrected chi connectivity index (χ3v) is 2.59. The number of hydrogen-bond acceptors (Lipinski definition) is 3. The summed E-state index contributed by atoms with van der Waals surface area (Å²) in [6, 6.07) is 0.202. The highest BCUT2D eigenvalue weighted by atomic mass is 16.5. The number of morpholine rings is 1. The zero-order valence-corrected chi connectivity index (χ0v) is 9.17. The van der Waals surface area contributed by atoms with Gasteiger partial charge in [0, 0.05) is 19.1 Å². The summed E-state index contributed by atoms with van der Waals surface area (Å²) in [5, 5.41) is 6.08. The van der Waals surface area contributed by atoms with Crippen molar-refractivity contribution >= 4 is 5.91 Å². The first-order valence-corrected chi connectivity index (χ1v) is 5.24. The molecular weight excluding hydrogens is 180 g/mol. The normalized spacial score (nSPS) is 24.7. The van der Waals surface area contributed by atoms with Crippen molar-refractivity contribution in [1.29, 1.82) is 0 Å². The van der Waals surface area contributed by atoms with Crippen molar-refractivity contribution in [3.63, 3.8) is 0 Å². The highest BCUT2D eigenvalue weighted by molar-refractivity contribution is 5.81. The van der Waals surface area contributed by atoms with Crippen molar-refractivity contribution in [2.75, 3.05) is 19.7 Å². The minimum absolute atomic E-state index is 0.00148. The van der Waals surface area contributed by atoms with Crippen LogP contribution in [-0.2, 0) is 9.53 Å². The summed E-state index contributed by atoms with van der Waals surface area (Å²) in [5.41, 5.74) is 0. The second-order valence-corrected chi connectivity index (χ2v) is 4.10. The Morgan fingerprint density at radius 1 is 1.50 bits per heavy atom. The molecule has 82 valence electrons. The lowest BCUT2D eigenvalue weighted by Gasteiger charge is -2.25. The van der Waals surface area contributed by atoms with Gasteiger partial charge in [-0.1, -0.05) is 13.8 Å². The topological polar surface area (TPSA) is 50.4 Å². The summed E-state index contributed by atoms with van der Waals surface area (Å²) >= 11 is 0. The molecule has 2 atom stereocenters. The smallest absolute Gasteiger partial charge is 0.250 e. The second-order valence-electron chi connectivity index (χ2n) is 4.10. The predicted octanol–water partition coefficient (Wildman–Crippen LogP) is 0.136. The van der Waals surface area contributed by atoms with Crippen molar-refractivity contribution in [3.8, 4) is 0 Å². The van der Waals surface area contributed by atoms with Gasteiger partial charge in [0.15, 0.2) is 0 Å². The van der Waals surface area contributed by atoms with Crippen LogP contribution in [0.4, 0.5) is 0 Å². The molecule has 0 spiro atoms. The molecule has 1 aliphatic heterocycles. The predicted molar refractivity (Wildman–Crippen MR) is 55.1 cm³/mol. The second kappa shape index (κ2) is 5.32. The molecule has 2 unspecified atom stereocenters. The molecule has 1 fully saturated rings. The van der Waals surface area contributed by atoms with Crippen LogP contribution in [0.1, 0.15) is 20.8 Å². The lowest BCUT2D eigenvalue weighted by atomic mass is 10.1. The Bertz CT molecular complexity index is 189. The lowest BCUT2D eigenvalue weighted by Crippen LogP contribution is -2.50. The zero-order valence-electron chi connectivity index (χ0n) is 9.17. The third kappa shape index (κ3) is 3.27. The minimum Gasteiger partial charge on any atom is -0.366 e. The highest BCUT2D eigenvalue weighted by Crippen LogP contribution is 2.02. The molecular formula is C10H20N2O2. The summed E-state index contributed by atoms with van der Waals surface area (Å²) in [7, 11) is 0. The summed E-state index contributed by atoms with van der Waals surface area (Å²) in [5.74, 6) is 0.453. The van der Waals surface area contributed by atoms with E-state index in [1.54, 1.807) is 0 Å². The van der Waals surface area contributed by atoms with Crippen LogP contribution in [0.5, 0.6) is 0 Å². The van der Waals surface area contributed by atoms with Crippen LogP contribution in [0.3, 0.4) is 0 Å². The first-order chi connectivity index (χ1) is 6.61. The molecule has 2 N–H and O–H groups in total. The molecule has 0 bridgehead atoms. The average molecular weight is 200 g/mol. The summed E-state index contributed by atoms with van der Waals surface area (Å²) in [4.78, 5) is 11.6. The van der Waals surface area contributed by atoms with E-state index < -0.39 is 0 Å². The number of rotatable bonds is 3. The zero-order chi connectivity index (χ0) is 10.6. The molecule has 0 saturated carbocycles. The molecule has 0 aliphatic carbocycles. The molecule has 1 saturated heterocycles. The summed E-state index contributed by atoms with van der Waals surface area (Å²) in [6.45, 7) is 8.27. The van der Waals surface area contributed by atoms with Crippen molar-refractivity contribution in [3.05, 3.63) is 0 Å². The van der Waals surface area contributed by atoms with Gasteiger partial charge in [0.2, 0.25) is 0 Å². The van der Waals surface area contributed by atoms with Crippen LogP contribution in [0.2, 0.25) is 0 Å². The molecule has 4 heteroatoms. The third-order valence-electron chi connectivity index (χ3n) is 2.59. The van der Waals surface area contributed by atoms with Crippen LogP contribution < -0.4 is 10.6 Å². The monoisotopic (exact) mass is 200 g/mol. The number of nitrogens with one attached hydrogen (secondary N) is 2. The fourth-order valence-electron chi connectivity index (χ4n) is 1.22. The van der Waals surface area contributed by atoms with Crippen LogP contribution >= 0.6 is 0 Å². The van der Waals surface area contributed by atoms with E-state index in [2.05, 4.69) is 24.5 Å². The molecule has 1 amide bonds. The number of carbonyl (C=O) groups excluding carboxylic acids is 1. The first kappa shape index (κ1) is 11.5. The molecule has 4 nitrogen and oxygen atoms in total. The minimum atomic E-state index is -0.315. The van der Waals surface area contributed by atoms with Gasteiger partial charge in [-0.05, 0) is 12.8 Å². The maximum absolute atomic E-state index is 11.6. The first-order valence-electron chi connectivity index (χ1n) is 5.24. The van der Waals surface area contributed by atoms with Crippen LogP contribution in [-0.4, -0.2) is 37.7 Å². The molecule has 0 aromatic rings. The quantitative estimate of drug-likeness (QED) is 0.681. The Hall–Kier alpha value is -0.610. The number of carbonyl (C=O) groups is 1. The Balaban J connectivity index is 2.33. The van der Waals surface area contributed by atoms with Gasteiger partial charge in [0.25, 0.3) is 5.91 Å². The average Bonchev–Trinajstić information content (AvgIpc) is 2.19. The highest BCUT2D eigenvalue weighted by Gasteiger charge is 2.23. The van der Waals surface area contributed by atoms with Gasteiger partial charge in [-0.15, -0.1) is 0 Å². The SMILES string of the molecule is CC(C)C(C)NC(=O)C1CNCCO1. The van der Waals surface area contributed by atoms with Gasteiger partial charge in [-0.2, -0.15) is 0 Å². The Morgan fingerprint density at radius 2 is 2.21 bits per heavy atom. The fraction of sp³-hybridized carbons (Fsp3) is 0.900. The van der Waals surface area contributed by atoms with Gasteiger partial charge in [0.05, 0.1) is 6.61 Å². The standard InChI is InChI=1S/C10H20N2O2/c1-7(2)8(3)12-10(13)9-6-11-4-5-14-9/h7-9,11H,4-6H2,1-3H3,(H,12,13). The van der Waals surface area contributed by atoms with E-state index in [9.17, 15) is 4.79 Å². The molecule has 1 aliphatic rings. The van der Waals surface area contributed by atoms with Gasteiger partial charge in [0.1, 0.15) is 6.10 Å². The van der Waals surface area contributed by atoms with Crippen molar-refractivity contribution < 1.29 is 9.53 Å². The van der Waals surface area contributed by atoms with Gasteiger partial charge >= 0.3 is 0 Å². The van der Waals surface area contributed by atoms with E-state index in [4.69, 9.17) is 4.74 Å². The van der Waals surface area contributed by atoms with Crippen LogP contribution in [0.15, 0.2) is 0 Å². The van der Waals surface area contributed by atoms with E-state index in [-0.39, 0.29) is 18.1 Å². The van der Waals surface area contributed by atoms with Crippen molar-refractivity contribution in [2.45, 2.75) is 32.9 Å². The fourth-order valence-corrected chi connectivity index (χ4v) is 1.22. The summed E-state index contributed by atoms with van der Waals surface area (Å²) in [6.07, 6.45) is -0.315. The van der Waals surface area contributed by atoms with Crippen LogP contribution in [0, 0.1) is 5.92 Å². The van der Waals surface area contributed by atoms with Crippen molar-refractivity contribution in [2.24, 2.45) is 5.92 Å². The Labute approximate surface area is 85.4 Å². The van der Waals surface area contributed by atoms with Gasteiger partial charge in [-0.3, -0.25) is 4.79 Å². The lowest BCUT2D eigenvalue weighted by molar-refractivity contribution is -0.135.